The Kier molecular flexibility index (Phi) is 3.94. The molecule has 0 amide bonds. The highest BCUT2D eigenvalue weighted by Gasteiger charge is 2.20. The van der Waals surface area contributed by atoms with Crippen molar-refractivity contribution in [1.29, 1.82) is 0 Å². The van der Waals surface area contributed by atoms with Crippen molar-refractivity contribution in [2.24, 2.45) is 0 Å². The first-order valence-electron chi connectivity index (χ1n) is 6.33. The van der Waals surface area contributed by atoms with E-state index in [0.717, 1.165) is 0 Å². The average molecular weight is 280 g/mol. The number of fused-ring (bicyclic) bond motifs is 1. The minimum Gasteiger partial charge on any atom is -0.505 e. The van der Waals surface area contributed by atoms with Crippen molar-refractivity contribution in [1.82, 2.24) is 9.88 Å². The second kappa shape index (κ2) is 5.50. The molecular weight excluding hydrogens is 263 g/mol. The molecule has 2 rings (SSSR count). The van der Waals surface area contributed by atoms with Gasteiger partial charge in [-0.3, -0.25) is 4.79 Å². The fraction of sp³-hybridized carbons (Fsp3) is 0.357. The summed E-state index contributed by atoms with van der Waals surface area (Å²) < 4.78 is 16.0. The molecular formula is C14H17FN2O3. The van der Waals surface area contributed by atoms with Gasteiger partial charge in [0.25, 0.3) is 0 Å². The average Bonchev–Trinajstić information content (AvgIpc) is 2.65. The quantitative estimate of drug-likeness (QED) is 0.778. The first-order chi connectivity index (χ1) is 9.47. The van der Waals surface area contributed by atoms with Crippen molar-refractivity contribution in [3.8, 4) is 5.75 Å². The number of likely N-dealkylation sites (N-methyl/N-ethyl adjacent to an activating group) is 1. The number of phenolic OH excluding ortho intramolecular Hbond substituents is 1. The maximum Gasteiger partial charge on any atom is 0.307 e. The Hall–Kier alpha value is -2.08. The van der Waals surface area contributed by atoms with Gasteiger partial charge in [-0.25, -0.2) is 4.39 Å². The van der Waals surface area contributed by atoms with Gasteiger partial charge in [-0.05, 0) is 31.7 Å². The summed E-state index contributed by atoms with van der Waals surface area (Å²) in [6.45, 7) is 3.05. The predicted molar refractivity (Wildman–Crippen MR) is 73.6 cm³/mol. The lowest BCUT2D eigenvalue weighted by Crippen LogP contribution is -2.15. The number of hydrogen-bond donors (Lipinski definition) is 3. The Morgan fingerprint density at radius 3 is 2.75 bits per heavy atom. The standard InChI is InChI=1S/C14H17FN2O3/c1-8-9(7-12(19)20)13-10(17(8)6-5-16-2)3-4-11(18)14(13)15/h3-4,16,18H,5-7H2,1-2H3,(H,19,20). The number of phenols is 1. The molecule has 0 aliphatic rings. The summed E-state index contributed by atoms with van der Waals surface area (Å²) in [4.78, 5) is 11.0. The van der Waals surface area contributed by atoms with E-state index in [1.54, 1.807) is 13.0 Å². The summed E-state index contributed by atoms with van der Waals surface area (Å²) in [5, 5.41) is 21.7. The van der Waals surface area contributed by atoms with Crippen LogP contribution in [0, 0.1) is 12.7 Å². The molecule has 2 aromatic rings. The zero-order valence-corrected chi connectivity index (χ0v) is 11.4. The lowest BCUT2D eigenvalue weighted by atomic mass is 10.1. The van der Waals surface area contributed by atoms with Gasteiger partial charge in [-0.1, -0.05) is 0 Å². The third-order valence-electron chi connectivity index (χ3n) is 3.45. The van der Waals surface area contributed by atoms with Gasteiger partial charge in [0, 0.05) is 24.2 Å². The third-order valence-corrected chi connectivity index (χ3v) is 3.45. The topological polar surface area (TPSA) is 74.5 Å². The van der Waals surface area contributed by atoms with Crippen LogP contribution in [0.15, 0.2) is 12.1 Å². The number of rotatable bonds is 5. The normalized spacial score (nSPS) is 11.2. The molecule has 0 saturated heterocycles. The van der Waals surface area contributed by atoms with Gasteiger partial charge < -0.3 is 20.1 Å². The van der Waals surface area contributed by atoms with E-state index in [0.29, 0.717) is 29.9 Å². The van der Waals surface area contributed by atoms with Crippen LogP contribution in [-0.2, 0) is 17.8 Å². The fourth-order valence-corrected chi connectivity index (χ4v) is 2.47. The van der Waals surface area contributed by atoms with E-state index in [-0.39, 0.29) is 11.8 Å². The van der Waals surface area contributed by atoms with Gasteiger partial charge in [0.15, 0.2) is 11.6 Å². The van der Waals surface area contributed by atoms with Crippen LogP contribution in [0.2, 0.25) is 0 Å². The van der Waals surface area contributed by atoms with Crippen LogP contribution < -0.4 is 5.32 Å². The second-order valence-electron chi connectivity index (χ2n) is 4.68. The Balaban J connectivity index is 2.71. The lowest BCUT2D eigenvalue weighted by molar-refractivity contribution is -0.136. The molecule has 108 valence electrons. The number of carbonyl (C=O) groups is 1. The summed E-state index contributed by atoms with van der Waals surface area (Å²) in [6, 6.07) is 2.90. The van der Waals surface area contributed by atoms with E-state index < -0.39 is 17.5 Å². The maximum absolute atomic E-state index is 14.2. The SMILES string of the molecule is CNCCn1c(C)c(CC(=O)O)c2c(F)c(O)ccc21. The van der Waals surface area contributed by atoms with Crippen LogP contribution in [-0.4, -0.2) is 34.3 Å². The van der Waals surface area contributed by atoms with Crippen molar-refractivity contribution in [3.63, 3.8) is 0 Å². The number of aromatic nitrogens is 1. The second-order valence-corrected chi connectivity index (χ2v) is 4.68. The van der Waals surface area contributed by atoms with Crippen molar-refractivity contribution < 1.29 is 19.4 Å². The number of benzene rings is 1. The maximum atomic E-state index is 14.2. The summed E-state index contributed by atoms with van der Waals surface area (Å²) in [5.41, 5.74) is 1.73. The molecule has 1 aromatic heterocycles. The molecule has 3 N–H and O–H groups in total. The van der Waals surface area contributed by atoms with Gasteiger partial charge in [0.1, 0.15) is 0 Å². The molecule has 1 aromatic carbocycles. The van der Waals surface area contributed by atoms with E-state index in [4.69, 9.17) is 5.11 Å². The molecule has 0 fully saturated rings. The first kappa shape index (κ1) is 14.3. The number of carboxylic acids is 1. The molecule has 0 spiro atoms. The Bertz CT molecular complexity index is 664. The molecule has 5 nitrogen and oxygen atoms in total. The van der Waals surface area contributed by atoms with Crippen LogP contribution in [0.4, 0.5) is 4.39 Å². The largest absolute Gasteiger partial charge is 0.505 e. The Labute approximate surface area is 115 Å². The van der Waals surface area contributed by atoms with E-state index in [1.807, 2.05) is 11.6 Å². The molecule has 20 heavy (non-hydrogen) atoms. The highest BCUT2D eigenvalue weighted by molar-refractivity contribution is 5.90. The van der Waals surface area contributed by atoms with Crippen molar-refractivity contribution in [3.05, 3.63) is 29.2 Å². The van der Waals surface area contributed by atoms with Gasteiger partial charge in [-0.15, -0.1) is 0 Å². The molecule has 0 radical (unpaired) electrons. The monoisotopic (exact) mass is 280 g/mol. The smallest absolute Gasteiger partial charge is 0.307 e. The zero-order chi connectivity index (χ0) is 14.9. The zero-order valence-electron chi connectivity index (χ0n) is 11.4. The molecule has 0 bridgehead atoms. The number of nitrogens with zero attached hydrogens (tertiary/aromatic N) is 1. The number of nitrogens with one attached hydrogen (secondary N) is 1. The number of carboxylic acid groups (broad SMARTS) is 1. The Morgan fingerprint density at radius 1 is 1.45 bits per heavy atom. The van der Waals surface area contributed by atoms with Crippen molar-refractivity contribution in [2.75, 3.05) is 13.6 Å². The van der Waals surface area contributed by atoms with Gasteiger partial charge in [0.2, 0.25) is 0 Å². The first-order valence-corrected chi connectivity index (χ1v) is 6.33. The summed E-state index contributed by atoms with van der Waals surface area (Å²) in [7, 11) is 1.81. The van der Waals surface area contributed by atoms with E-state index in [9.17, 15) is 14.3 Å². The summed E-state index contributed by atoms with van der Waals surface area (Å²) >= 11 is 0. The number of hydrogen-bond acceptors (Lipinski definition) is 3. The number of aromatic hydroxyl groups is 1. The van der Waals surface area contributed by atoms with E-state index in [1.165, 1.54) is 6.07 Å². The number of halogens is 1. The molecule has 0 saturated carbocycles. The molecule has 1 heterocycles. The summed E-state index contributed by atoms with van der Waals surface area (Å²) in [5.74, 6) is -2.25. The van der Waals surface area contributed by atoms with E-state index >= 15 is 0 Å². The van der Waals surface area contributed by atoms with Crippen LogP contribution >= 0.6 is 0 Å². The molecule has 0 unspecified atom stereocenters. The minimum absolute atomic E-state index is 0.195. The van der Waals surface area contributed by atoms with Crippen molar-refractivity contribution >= 4 is 16.9 Å². The molecule has 0 aliphatic carbocycles. The minimum atomic E-state index is -1.02. The van der Waals surface area contributed by atoms with Crippen LogP contribution in [0.25, 0.3) is 10.9 Å². The highest BCUT2D eigenvalue weighted by Crippen LogP contribution is 2.32. The van der Waals surface area contributed by atoms with Crippen molar-refractivity contribution in [2.45, 2.75) is 19.9 Å². The lowest BCUT2D eigenvalue weighted by Gasteiger charge is -2.08. The summed E-state index contributed by atoms with van der Waals surface area (Å²) in [6.07, 6.45) is -0.269. The van der Waals surface area contributed by atoms with Crippen LogP contribution in [0.3, 0.4) is 0 Å². The third kappa shape index (κ3) is 2.34. The Morgan fingerprint density at radius 2 is 2.15 bits per heavy atom. The molecule has 0 aliphatic heterocycles. The van der Waals surface area contributed by atoms with Crippen LogP contribution in [0.5, 0.6) is 5.75 Å². The fourth-order valence-electron chi connectivity index (χ4n) is 2.47. The molecule has 0 atom stereocenters. The predicted octanol–water partition coefficient (Wildman–Crippen LogP) is 1.64. The van der Waals surface area contributed by atoms with Gasteiger partial charge >= 0.3 is 5.97 Å². The highest BCUT2D eigenvalue weighted by atomic mass is 19.1. The van der Waals surface area contributed by atoms with Gasteiger partial charge in [-0.2, -0.15) is 0 Å². The van der Waals surface area contributed by atoms with Gasteiger partial charge in [0.05, 0.1) is 11.9 Å². The molecule has 6 heteroatoms. The van der Waals surface area contributed by atoms with E-state index in [2.05, 4.69) is 5.32 Å². The van der Waals surface area contributed by atoms with Crippen LogP contribution in [0.1, 0.15) is 11.3 Å². The number of aliphatic carboxylic acids is 1.